The van der Waals surface area contributed by atoms with Gasteiger partial charge >= 0.3 is 0 Å². The molecule has 56 valence electrons. The van der Waals surface area contributed by atoms with Crippen LogP contribution in [0.15, 0.2) is 17.0 Å². The smallest absolute Gasteiger partial charge is 0.180 e. The Balaban J connectivity index is 2.40. The minimum atomic E-state index is 0.188. The van der Waals surface area contributed by atoms with Crippen LogP contribution in [0.2, 0.25) is 0 Å². The van der Waals surface area contributed by atoms with Gasteiger partial charge < -0.3 is 7.48 Å². The van der Waals surface area contributed by atoms with E-state index < -0.39 is 0 Å². The van der Waals surface area contributed by atoms with Gasteiger partial charge in [-0.1, -0.05) is 0 Å². The number of oxazole rings is 1. The molecule has 1 unspecified atom stereocenters. The van der Waals surface area contributed by atoms with Gasteiger partial charge in [0.1, 0.15) is 28.8 Å². The first-order chi connectivity index (χ1) is 4.83. The van der Waals surface area contributed by atoms with Crippen molar-refractivity contribution in [3.63, 3.8) is 0 Å². The fourth-order valence-electron chi connectivity index (χ4n) is 0.658. The van der Waals surface area contributed by atoms with Crippen molar-refractivity contribution in [3.05, 3.63) is 18.4 Å². The summed E-state index contributed by atoms with van der Waals surface area (Å²) in [5, 5.41) is 0. The maximum atomic E-state index is 5.01. The molecule has 10 heavy (non-hydrogen) atoms. The lowest BCUT2D eigenvalue weighted by molar-refractivity contribution is 0.291. The molecule has 4 heteroatoms. The summed E-state index contributed by atoms with van der Waals surface area (Å²) in [5.74, 6) is 0.865. The van der Waals surface area contributed by atoms with Crippen molar-refractivity contribution in [1.82, 2.24) is 4.98 Å². The summed E-state index contributed by atoms with van der Waals surface area (Å²) in [4.78, 5) is 3.78. The second-order valence-electron chi connectivity index (χ2n) is 2.07. The minimum absolute atomic E-state index is 0.188. The number of hydrogen-bond acceptors (Lipinski definition) is 3. The van der Waals surface area contributed by atoms with E-state index in [0.717, 1.165) is 12.2 Å². The van der Waals surface area contributed by atoms with E-state index in [4.69, 9.17) is 7.48 Å². The molecule has 0 N–H and O–H groups in total. The lowest BCUT2D eigenvalue weighted by Gasteiger charge is -2.02. The van der Waals surface area contributed by atoms with Crippen LogP contribution < -0.4 is 0 Å². The zero-order valence-corrected chi connectivity index (χ0v) is 7.74. The molecule has 0 aliphatic rings. The van der Waals surface area contributed by atoms with Crippen LogP contribution >= 0.6 is 23.0 Å². The van der Waals surface area contributed by atoms with Crippen molar-refractivity contribution in [1.29, 1.82) is 0 Å². The summed E-state index contributed by atoms with van der Waals surface area (Å²) < 4.78 is 10.0. The Morgan fingerprint density at radius 3 is 3.20 bits per heavy atom. The maximum absolute atomic E-state index is 5.01. The molecule has 0 aliphatic carbocycles. The zero-order chi connectivity index (χ0) is 7.40. The van der Waals surface area contributed by atoms with E-state index in [0.29, 0.717) is 0 Å². The van der Waals surface area contributed by atoms with E-state index in [1.54, 1.807) is 6.20 Å². The molecule has 0 saturated carbocycles. The zero-order valence-electron chi connectivity index (χ0n) is 5.58. The number of rotatable bonds is 3. The highest BCUT2D eigenvalue weighted by molar-refractivity contribution is 14.1. The lowest BCUT2D eigenvalue weighted by Crippen LogP contribution is -2.04. The standard InChI is InChI=1S/C6H8INO2/c1-5(10-7)2-6-3-8-4-9-6/h3-5H,2H2,1H3. The summed E-state index contributed by atoms with van der Waals surface area (Å²) in [6, 6.07) is 0. The van der Waals surface area contributed by atoms with Gasteiger partial charge in [-0.25, -0.2) is 4.98 Å². The largest absolute Gasteiger partial charge is 0.448 e. The van der Waals surface area contributed by atoms with Gasteiger partial charge in [0, 0.05) is 6.42 Å². The van der Waals surface area contributed by atoms with E-state index in [-0.39, 0.29) is 6.10 Å². The maximum Gasteiger partial charge on any atom is 0.180 e. The average Bonchev–Trinajstić information content (AvgIpc) is 2.40. The van der Waals surface area contributed by atoms with Gasteiger partial charge in [0.25, 0.3) is 0 Å². The normalized spacial score (nSPS) is 13.4. The molecule has 0 saturated heterocycles. The van der Waals surface area contributed by atoms with Gasteiger partial charge in [-0.15, -0.1) is 0 Å². The number of nitrogens with zero attached hydrogens (tertiary/aromatic N) is 1. The summed E-state index contributed by atoms with van der Waals surface area (Å²) in [7, 11) is 0. The molecule has 0 bridgehead atoms. The van der Waals surface area contributed by atoms with Crippen LogP contribution in [-0.4, -0.2) is 11.1 Å². The molecule has 1 heterocycles. The third-order valence-electron chi connectivity index (χ3n) is 1.12. The second kappa shape index (κ2) is 3.92. The Kier molecular flexibility index (Phi) is 3.14. The first-order valence-electron chi connectivity index (χ1n) is 2.97. The molecular formula is C6H8INO2. The Bertz CT molecular complexity index is 176. The van der Waals surface area contributed by atoms with Crippen LogP contribution in [-0.2, 0) is 9.49 Å². The van der Waals surface area contributed by atoms with Crippen LogP contribution in [0.4, 0.5) is 0 Å². The summed E-state index contributed by atoms with van der Waals surface area (Å²) in [6.45, 7) is 1.98. The van der Waals surface area contributed by atoms with Gasteiger partial charge in [0.05, 0.1) is 12.3 Å². The van der Waals surface area contributed by atoms with Gasteiger partial charge in [-0.2, -0.15) is 0 Å². The van der Waals surface area contributed by atoms with Gasteiger partial charge in [-0.3, -0.25) is 0 Å². The van der Waals surface area contributed by atoms with Crippen molar-refractivity contribution in [2.24, 2.45) is 0 Å². The Morgan fingerprint density at radius 1 is 1.90 bits per heavy atom. The number of hydrogen-bond donors (Lipinski definition) is 0. The third-order valence-corrected chi connectivity index (χ3v) is 1.99. The molecule has 1 rings (SSSR count). The lowest BCUT2D eigenvalue weighted by atomic mass is 10.2. The minimum Gasteiger partial charge on any atom is -0.448 e. The molecule has 0 fully saturated rings. The molecule has 1 atom stereocenters. The van der Waals surface area contributed by atoms with Gasteiger partial charge in [0.2, 0.25) is 0 Å². The fourth-order valence-corrected chi connectivity index (χ4v) is 0.838. The Morgan fingerprint density at radius 2 is 2.70 bits per heavy atom. The molecule has 0 aromatic carbocycles. The van der Waals surface area contributed by atoms with Crippen LogP contribution in [0.5, 0.6) is 0 Å². The molecule has 0 spiro atoms. The predicted molar refractivity (Wildman–Crippen MR) is 44.8 cm³/mol. The topological polar surface area (TPSA) is 35.3 Å². The molecule has 0 aliphatic heterocycles. The fraction of sp³-hybridized carbons (Fsp3) is 0.500. The number of halogens is 1. The van der Waals surface area contributed by atoms with E-state index >= 15 is 0 Å². The van der Waals surface area contributed by atoms with Gasteiger partial charge in [0.15, 0.2) is 6.39 Å². The highest BCUT2D eigenvalue weighted by Gasteiger charge is 2.04. The van der Waals surface area contributed by atoms with Crippen molar-refractivity contribution in [2.45, 2.75) is 19.4 Å². The SMILES string of the molecule is CC(Cc1cnco1)OI. The van der Waals surface area contributed by atoms with E-state index in [2.05, 4.69) is 4.98 Å². The highest BCUT2D eigenvalue weighted by Crippen LogP contribution is 2.06. The Labute approximate surface area is 73.5 Å². The monoisotopic (exact) mass is 253 g/mol. The van der Waals surface area contributed by atoms with Crippen molar-refractivity contribution in [2.75, 3.05) is 0 Å². The summed E-state index contributed by atoms with van der Waals surface area (Å²) in [5.41, 5.74) is 0. The summed E-state index contributed by atoms with van der Waals surface area (Å²) >= 11 is 1.88. The van der Waals surface area contributed by atoms with Crippen LogP contribution in [0.1, 0.15) is 12.7 Å². The molecular weight excluding hydrogens is 245 g/mol. The van der Waals surface area contributed by atoms with Crippen LogP contribution in [0, 0.1) is 0 Å². The molecule has 0 radical (unpaired) electrons. The second-order valence-corrected chi connectivity index (χ2v) is 2.58. The van der Waals surface area contributed by atoms with Crippen molar-refractivity contribution < 1.29 is 7.48 Å². The predicted octanol–water partition coefficient (Wildman–Crippen LogP) is 1.97. The van der Waals surface area contributed by atoms with E-state index in [1.807, 2.05) is 29.9 Å². The van der Waals surface area contributed by atoms with Crippen molar-refractivity contribution in [3.8, 4) is 0 Å². The molecule has 1 aromatic heterocycles. The molecule has 3 nitrogen and oxygen atoms in total. The van der Waals surface area contributed by atoms with E-state index in [9.17, 15) is 0 Å². The third kappa shape index (κ3) is 2.26. The molecule has 0 amide bonds. The quantitative estimate of drug-likeness (QED) is 0.772. The van der Waals surface area contributed by atoms with Crippen LogP contribution in [0.3, 0.4) is 0 Å². The average molecular weight is 253 g/mol. The van der Waals surface area contributed by atoms with Crippen molar-refractivity contribution >= 4 is 23.0 Å². The Hall–Kier alpha value is -0.100. The van der Waals surface area contributed by atoms with Gasteiger partial charge in [-0.05, 0) is 6.92 Å². The summed E-state index contributed by atoms with van der Waals surface area (Å²) in [6.07, 6.45) is 4.10. The molecule has 1 aromatic rings. The first-order valence-corrected chi connectivity index (χ1v) is 3.85. The van der Waals surface area contributed by atoms with E-state index in [1.165, 1.54) is 6.39 Å². The van der Waals surface area contributed by atoms with Crippen LogP contribution in [0.25, 0.3) is 0 Å². The highest BCUT2D eigenvalue weighted by atomic mass is 127. The first kappa shape index (κ1) is 8.00. The number of aromatic nitrogens is 1.